The Hall–Kier alpha value is -2.91. The van der Waals surface area contributed by atoms with Crippen LogP contribution in [-0.2, 0) is 17.9 Å². The fourth-order valence-electron chi connectivity index (χ4n) is 2.73. The molecule has 0 amide bonds. The van der Waals surface area contributed by atoms with Gasteiger partial charge in [0.05, 0.1) is 13.2 Å². The summed E-state index contributed by atoms with van der Waals surface area (Å²) in [5.41, 5.74) is 0.00656. The van der Waals surface area contributed by atoms with Crippen molar-refractivity contribution < 1.29 is 19.7 Å². The van der Waals surface area contributed by atoms with Crippen LogP contribution < -0.4 is 16.0 Å². The van der Waals surface area contributed by atoms with Crippen molar-refractivity contribution in [2.75, 3.05) is 13.2 Å². The Balaban J connectivity index is 1.78. The minimum absolute atomic E-state index is 0.216. The topological polar surface area (TPSA) is 114 Å². The molecule has 0 saturated carbocycles. The van der Waals surface area contributed by atoms with Gasteiger partial charge in [0.15, 0.2) is 0 Å². The molecule has 0 atom stereocenters. The fourth-order valence-corrected chi connectivity index (χ4v) is 2.91. The third-order valence-corrected chi connectivity index (χ3v) is 4.50. The van der Waals surface area contributed by atoms with Crippen LogP contribution in [0.1, 0.15) is 11.1 Å². The Morgan fingerprint density at radius 3 is 2.43 bits per heavy atom. The summed E-state index contributed by atoms with van der Waals surface area (Å²) >= 11 is 5.97. The molecule has 0 saturated heterocycles. The van der Waals surface area contributed by atoms with Crippen molar-refractivity contribution in [3.8, 4) is 11.5 Å². The van der Waals surface area contributed by atoms with E-state index in [9.17, 15) is 9.59 Å². The monoisotopic (exact) mass is 432 g/mol. The number of aliphatic hydroxyl groups is 2. The van der Waals surface area contributed by atoms with Crippen LogP contribution in [0, 0.1) is 0 Å². The van der Waals surface area contributed by atoms with E-state index in [0.717, 1.165) is 5.56 Å². The molecule has 0 spiro atoms. The van der Waals surface area contributed by atoms with Crippen LogP contribution in [-0.4, -0.2) is 39.1 Å². The summed E-state index contributed by atoms with van der Waals surface area (Å²) in [5.74, 6) is 1.17. The average molecular weight is 433 g/mol. The molecule has 0 fully saturated rings. The van der Waals surface area contributed by atoms with Crippen LogP contribution in [0.3, 0.4) is 0 Å². The number of rotatable bonds is 9. The molecule has 0 aliphatic heterocycles. The number of hydrogen-bond donors (Lipinski definition) is 3. The minimum Gasteiger partial charge on any atom is -0.457 e. The summed E-state index contributed by atoms with van der Waals surface area (Å²) in [4.78, 5) is 26.5. The Morgan fingerprint density at radius 1 is 1.03 bits per heavy atom. The van der Waals surface area contributed by atoms with E-state index >= 15 is 0 Å². The van der Waals surface area contributed by atoms with Gasteiger partial charge in [0, 0.05) is 23.2 Å². The summed E-state index contributed by atoms with van der Waals surface area (Å²) in [6.07, 6.45) is 0.844. The average Bonchev–Trinajstić information content (AvgIpc) is 2.72. The Labute approximate surface area is 176 Å². The van der Waals surface area contributed by atoms with E-state index in [1.54, 1.807) is 42.5 Å². The molecule has 0 unspecified atom stereocenters. The third-order valence-electron chi connectivity index (χ3n) is 4.27. The highest BCUT2D eigenvalue weighted by atomic mass is 35.5. The van der Waals surface area contributed by atoms with Crippen molar-refractivity contribution in [1.82, 2.24) is 9.55 Å². The normalized spacial score (nSPS) is 11.1. The molecular weight excluding hydrogens is 412 g/mol. The van der Waals surface area contributed by atoms with Gasteiger partial charge in [0.1, 0.15) is 24.3 Å². The van der Waals surface area contributed by atoms with Crippen LogP contribution in [0.2, 0.25) is 5.02 Å². The zero-order chi connectivity index (χ0) is 21.5. The van der Waals surface area contributed by atoms with Crippen LogP contribution in [0.5, 0.6) is 11.5 Å². The minimum atomic E-state index is -0.812. The Morgan fingerprint density at radius 2 is 1.73 bits per heavy atom. The standard InChI is InChI=1S/C21H21ClN2O6/c22-16-4-2-6-18(9-16)30-17-5-1-3-14(8-17)7-15-10-24(21(28)23-20(15)27)13-29-19(11-25)12-26/h1-6,8-10,19,25-26H,7,11-13H2,(H,23,27,28). The van der Waals surface area contributed by atoms with Gasteiger partial charge in [0.25, 0.3) is 5.56 Å². The number of aliphatic hydroxyl groups excluding tert-OH is 2. The molecule has 1 aromatic heterocycles. The molecule has 0 radical (unpaired) electrons. The number of ether oxygens (including phenoxy) is 2. The molecule has 3 N–H and O–H groups in total. The van der Waals surface area contributed by atoms with Crippen molar-refractivity contribution >= 4 is 11.6 Å². The second-order valence-corrected chi connectivity index (χ2v) is 6.99. The zero-order valence-electron chi connectivity index (χ0n) is 16.0. The molecule has 158 valence electrons. The maximum absolute atomic E-state index is 12.2. The van der Waals surface area contributed by atoms with E-state index in [1.807, 2.05) is 6.07 Å². The first-order valence-corrected chi connectivity index (χ1v) is 9.54. The van der Waals surface area contributed by atoms with E-state index in [1.165, 1.54) is 10.8 Å². The van der Waals surface area contributed by atoms with Crippen molar-refractivity contribution in [2.45, 2.75) is 19.3 Å². The first-order chi connectivity index (χ1) is 14.5. The number of hydrogen-bond acceptors (Lipinski definition) is 6. The van der Waals surface area contributed by atoms with Gasteiger partial charge in [-0.05, 0) is 35.9 Å². The van der Waals surface area contributed by atoms with Gasteiger partial charge in [-0.2, -0.15) is 0 Å². The number of nitrogens with one attached hydrogen (secondary N) is 1. The lowest BCUT2D eigenvalue weighted by Crippen LogP contribution is -2.34. The SMILES string of the molecule is O=c1[nH]c(=O)n(COC(CO)CO)cc1Cc1cccc(Oc2cccc(Cl)c2)c1. The number of H-pyrrole nitrogens is 1. The molecule has 3 aromatic rings. The van der Waals surface area contributed by atoms with Gasteiger partial charge in [-0.3, -0.25) is 14.3 Å². The molecule has 8 nitrogen and oxygen atoms in total. The molecule has 0 aliphatic rings. The molecule has 0 bridgehead atoms. The Bertz CT molecular complexity index is 1110. The van der Waals surface area contributed by atoms with Crippen molar-refractivity contribution in [2.24, 2.45) is 0 Å². The third kappa shape index (κ3) is 5.80. The maximum Gasteiger partial charge on any atom is 0.330 e. The number of aromatic nitrogens is 2. The number of aromatic amines is 1. The number of benzene rings is 2. The molecule has 2 aromatic carbocycles. The predicted octanol–water partition coefficient (Wildman–Crippen LogP) is 1.90. The first-order valence-electron chi connectivity index (χ1n) is 9.17. The van der Waals surface area contributed by atoms with E-state index in [0.29, 0.717) is 22.1 Å². The highest BCUT2D eigenvalue weighted by Gasteiger charge is 2.10. The number of halogens is 1. The molecule has 1 heterocycles. The van der Waals surface area contributed by atoms with Gasteiger partial charge in [0.2, 0.25) is 0 Å². The van der Waals surface area contributed by atoms with E-state index in [-0.39, 0.29) is 26.4 Å². The molecule has 30 heavy (non-hydrogen) atoms. The van der Waals surface area contributed by atoms with Crippen LogP contribution in [0.25, 0.3) is 0 Å². The van der Waals surface area contributed by atoms with Gasteiger partial charge in [-0.1, -0.05) is 29.8 Å². The van der Waals surface area contributed by atoms with E-state index in [2.05, 4.69) is 4.98 Å². The van der Waals surface area contributed by atoms with E-state index < -0.39 is 17.4 Å². The molecule has 9 heteroatoms. The number of nitrogens with zero attached hydrogens (tertiary/aromatic N) is 1. The van der Waals surface area contributed by atoms with Gasteiger partial charge in [-0.25, -0.2) is 4.79 Å². The lowest BCUT2D eigenvalue weighted by molar-refractivity contribution is -0.0513. The lowest BCUT2D eigenvalue weighted by Gasteiger charge is -2.14. The lowest BCUT2D eigenvalue weighted by atomic mass is 10.1. The highest BCUT2D eigenvalue weighted by molar-refractivity contribution is 6.30. The van der Waals surface area contributed by atoms with Gasteiger partial charge in [-0.15, -0.1) is 0 Å². The van der Waals surface area contributed by atoms with Crippen molar-refractivity contribution in [3.63, 3.8) is 0 Å². The second kappa shape index (κ2) is 10.2. The largest absolute Gasteiger partial charge is 0.457 e. The zero-order valence-corrected chi connectivity index (χ0v) is 16.7. The molecular formula is C21H21ClN2O6. The van der Waals surface area contributed by atoms with Gasteiger partial charge >= 0.3 is 5.69 Å². The van der Waals surface area contributed by atoms with Gasteiger partial charge < -0.3 is 19.7 Å². The van der Waals surface area contributed by atoms with E-state index in [4.69, 9.17) is 31.3 Å². The fraction of sp³-hybridized carbons (Fsp3) is 0.238. The molecule has 3 rings (SSSR count). The highest BCUT2D eigenvalue weighted by Crippen LogP contribution is 2.25. The van der Waals surface area contributed by atoms with Crippen LogP contribution >= 0.6 is 11.6 Å². The predicted molar refractivity (Wildman–Crippen MR) is 111 cm³/mol. The molecule has 0 aliphatic carbocycles. The first kappa shape index (κ1) is 21.8. The Kier molecular flexibility index (Phi) is 7.42. The summed E-state index contributed by atoms with van der Waals surface area (Å²) in [6.45, 7) is -0.992. The second-order valence-electron chi connectivity index (χ2n) is 6.55. The quantitative estimate of drug-likeness (QED) is 0.476. The maximum atomic E-state index is 12.2. The van der Waals surface area contributed by atoms with Crippen LogP contribution in [0.15, 0.2) is 64.3 Å². The smallest absolute Gasteiger partial charge is 0.330 e. The van der Waals surface area contributed by atoms with Crippen LogP contribution in [0.4, 0.5) is 0 Å². The summed E-state index contributed by atoms with van der Waals surface area (Å²) in [5, 5.41) is 18.7. The summed E-state index contributed by atoms with van der Waals surface area (Å²) < 4.78 is 12.2. The van der Waals surface area contributed by atoms with Crippen molar-refractivity contribution in [1.29, 1.82) is 0 Å². The summed E-state index contributed by atoms with van der Waals surface area (Å²) in [6, 6.07) is 14.2. The van der Waals surface area contributed by atoms with Crippen molar-refractivity contribution in [3.05, 3.63) is 91.7 Å². The summed E-state index contributed by atoms with van der Waals surface area (Å²) in [7, 11) is 0.